The van der Waals surface area contributed by atoms with Crippen LogP contribution in [0.3, 0.4) is 0 Å². The highest BCUT2D eigenvalue weighted by Crippen LogP contribution is 2.33. The average Bonchev–Trinajstić information content (AvgIpc) is 2.93. The maximum Gasteiger partial charge on any atom is 0.250 e. The summed E-state index contributed by atoms with van der Waals surface area (Å²) in [6, 6.07) is 9.16. The van der Waals surface area contributed by atoms with Crippen LogP contribution in [0.25, 0.3) is 16.3 Å². The van der Waals surface area contributed by atoms with Gasteiger partial charge in [-0.3, -0.25) is 10.1 Å². The van der Waals surface area contributed by atoms with Crippen molar-refractivity contribution in [1.29, 1.82) is 0 Å². The number of ether oxygens (including phenoxy) is 1. The number of amides is 1. The predicted octanol–water partition coefficient (Wildman–Crippen LogP) is 6.14. The van der Waals surface area contributed by atoms with Crippen LogP contribution in [0.5, 0.6) is 5.75 Å². The molecule has 0 bridgehead atoms. The first-order valence-electron chi connectivity index (χ1n) is 7.04. The van der Waals surface area contributed by atoms with Gasteiger partial charge >= 0.3 is 0 Å². The Kier molecular flexibility index (Phi) is 5.78. The van der Waals surface area contributed by atoms with Crippen LogP contribution < -0.4 is 10.1 Å². The average molecular weight is 503 g/mol. The van der Waals surface area contributed by atoms with Gasteiger partial charge in [-0.2, -0.15) is 0 Å². The summed E-state index contributed by atoms with van der Waals surface area (Å²) < 4.78 is 7.96. The van der Waals surface area contributed by atoms with Crippen molar-refractivity contribution in [3.63, 3.8) is 0 Å². The van der Waals surface area contributed by atoms with Crippen LogP contribution in [0.15, 0.2) is 45.4 Å². The zero-order valence-corrected chi connectivity index (χ0v) is 17.6. The van der Waals surface area contributed by atoms with Crippen molar-refractivity contribution in [3.8, 4) is 5.75 Å². The standard InChI is InChI=1S/C17H11Br2ClN2O2S/c1-24-16-9(6-10(18)7-12(16)19)2-5-15(23)22-17-21-13-4-3-11(20)8-14(13)25-17/h2-8H,1H3,(H,21,22,23)/b5-2-. The van der Waals surface area contributed by atoms with Gasteiger partial charge in [0.2, 0.25) is 5.91 Å². The van der Waals surface area contributed by atoms with E-state index in [4.69, 9.17) is 16.3 Å². The number of benzene rings is 2. The lowest BCUT2D eigenvalue weighted by molar-refractivity contribution is -0.111. The van der Waals surface area contributed by atoms with Gasteiger partial charge in [0.25, 0.3) is 0 Å². The van der Waals surface area contributed by atoms with Crippen molar-refractivity contribution in [2.75, 3.05) is 12.4 Å². The van der Waals surface area contributed by atoms with Gasteiger partial charge in [0.05, 0.1) is 21.8 Å². The van der Waals surface area contributed by atoms with Crippen LogP contribution in [0.1, 0.15) is 5.56 Å². The number of nitrogens with zero attached hydrogens (tertiary/aromatic N) is 1. The molecule has 1 heterocycles. The molecule has 128 valence electrons. The van der Waals surface area contributed by atoms with Crippen LogP contribution in [0.2, 0.25) is 5.02 Å². The van der Waals surface area contributed by atoms with Gasteiger partial charge in [-0.05, 0) is 52.3 Å². The normalized spacial score (nSPS) is 11.2. The fraction of sp³-hybridized carbons (Fsp3) is 0.0588. The molecule has 4 nitrogen and oxygen atoms in total. The van der Waals surface area contributed by atoms with Crippen LogP contribution >= 0.6 is 54.8 Å². The van der Waals surface area contributed by atoms with Crippen molar-refractivity contribution in [1.82, 2.24) is 4.98 Å². The molecular weight excluding hydrogens is 492 g/mol. The molecule has 1 amide bonds. The van der Waals surface area contributed by atoms with Gasteiger partial charge in [-0.25, -0.2) is 4.98 Å². The minimum atomic E-state index is -0.275. The maximum atomic E-state index is 12.2. The number of methoxy groups -OCH3 is 1. The summed E-state index contributed by atoms with van der Waals surface area (Å²) in [5, 5.41) is 3.92. The monoisotopic (exact) mass is 500 g/mol. The quantitative estimate of drug-likeness (QED) is 0.437. The number of carbonyl (C=O) groups excluding carboxylic acids is 1. The van der Waals surface area contributed by atoms with Gasteiger partial charge in [-0.1, -0.05) is 38.9 Å². The van der Waals surface area contributed by atoms with E-state index in [1.54, 1.807) is 19.3 Å². The summed E-state index contributed by atoms with van der Waals surface area (Å²) in [5.74, 6) is 0.380. The molecule has 0 radical (unpaired) electrons. The number of carbonyl (C=O) groups is 1. The number of thiazole rings is 1. The van der Waals surface area contributed by atoms with Crippen molar-refractivity contribution in [2.45, 2.75) is 0 Å². The van der Waals surface area contributed by atoms with Gasteiger partial charge in [0, 0.05) is 21.1 Å². The Balaban J connectivity index is 1.78. The second-order valence-corrected chi connectivity index (χ2v) is 8.20. The minimum absolute atomic E-state index is 0.275. The molecule has 25 heavy (non-hydrogen) atoms. The van der Waals surface area contributed by atoms with E-state index in [1.807, 2.05) is 24.3 Å². The lowest BCUT2D eigenvalue weighted by Crippen LogP contribution is -2.07. The zero-order valence-electron chi connectivity index (χ0n) is 12.8. The highest BCUT2D eigenvalue weighted by Gasteiger charge is 2.09. The number of hydrogen-bond acceptors (Lipinski definition) is 4. The van der Waals surface area contributed by atoms with E-state index < -0.39 is 0 Å². The smallest absolute Gasteiger partial charge is 0.250 e. The van der Waals surface area contributed by atoms with Gasteiger partial charge in [0.15, 0.2) is 5.13 Å². The van der Waals surface area contributed by atoms with Crippen LogP contribution in [0.4, 0.5) is 5.13 Å². The molecule has 0 spiro atoms. The van der Waals surface area contributed by atoms with Crippen molar-refractivity contribution >= 4 is 82.1 Å². The Morgan fingerprint density at radius 3 is 2.88 bits per heavy atom. The fourth-order valence-electron chi connectivity index (χ4n) is 2.18. The summed E-state index contributed by atoms with van der Waals surface area (Å²) in [6.07, 6.45) is 3.13. The Morgan fingerprint density at radius 2 is 2.12 bits per heavy atom. The predicted molar refractivity (Wildman–Crippen MR) is 111 cm³/mol. The van der Waals surface area contributed by atoms with E-state index in [9.17, 15) is 4.79 Å². The Morgan fingerprint density at radius 1 is 1.32 bits per heavy atom. The van der Waals surface area contributed by atoms with E-state index in [-0.39, 0.29) is 5.91 Å². The summed E-state index contributed by atoms with van der Waals surface area (Å²) in [4.78, 5) is 16.5. The molecule has 1 N–H and O–H groups in total. The molecule has 0 aliphatic heterocycles. The highest BCUT2D eigenvalue weighted by molar-refractivity contribution is 9.11. The van der Waals surface area contributed by atoms with Crippen molar-refractivity contribution in [2.24, 2.45) is 0 Å². The molecule has 0 atom stereocenters. The van der Waals surface area contributed by atoms with Gasteiger partial charge < -0.3 is 4.74 Å². The summed E-state index contributed by atoms with van der Waals surface area (Å²) in [6.45, 7) is 0. The highest BCUT2D eigenvalue weighted by atomic mass is 79.9. The molecule has 0 aliphatic carbocycles. The number of aromatic nitrogens is 1. The Bertz CT molecular complexity index is 988. The summed E-state index contributed by atoms with van der Waals surface area (Å²) >= 11 is 14.2. The third-order valence-corrected chi connectivity index (χ3v) is 5.45. The molecular formula is C17H11Br2ClN2O2S. The zero-order chi connectivity index (χ0) is 18.0. The molecule has 3 rings (SSSR count). The second kappa shape index (κ2) is 7.86. The van der Waals surface area contributed by atoms with Crippen molar-refractivity contribution < 1.29 is 9.53 Å². The number of hydrogen-bond donors (Lipinski definition) is 1. The van der Waals surface area contributed by atoms with E-state index in [2.05, 4.69) is 42.2 Å². The van der Waals surface area contributed by atoms with Crippen LogP contribution in [-0.2, 0) is 4.79 Å². The Hall–Kier alpha value is -1.41. The molecule has 3 aromatic rings. The van der Waals surface area contributed by atoms with E-state index in [1.165, 1.54) is 17.4 Å². The van der Waals surface area contributed by atoms with Gasteiger partial charge in [0.1, 0.15) is 5.75 Å². The molecule has 0 saturated heterocycles. The van der Waals surface area contributed by atoms with Crippen LogP contribution in [0, 0.1) is 0 Å². The number of halogens is 3. The molecule has 0 aliphatic rings. The topological polar surface area (TPSA) is 51.2 Å². The van der Waals surface area contributed by atoms with E-state index in [0.717, 1.165) is 24.7 Å². The molecule has 0 unspecified atom stereocenters. The lowest BCUT2D eigenvalue weighted by atomic mass is 10.2. The lowest BCUT2D eigenvalue weighted by Gasteiger charge is -2.08. The van der Waals surface area contributed by atoms with Gasteiger partial charge in [-0.15, -0.1) is 0 Å². The van der Waals surface area contributed by atoms with Crippen LogP contribution in [-0.4, -0.2) is 18.0 Å². The largest absolute Gasteiger partial charge is 0.495 e. The fourth-order valence-corrected chi connectivity index (χ4v) is 4.75. The molecule has 8 heteroatoms. The number of anilines is 1. The number of rotatable bonds is 4. The second-order valence-electron chi connectivity index (χ2n) is 4.96. The first-order chi connectivity index (χ1) is 12.0. The Labute approximate surface area is 170 Å². The SMILES string of the molecule is COc1c(Br)cc(Br)cc1/C=C\C(=O)Nc1nc2ccc(Cl)cc2s1. The third-order valence-electron chi connectivity index (χ3n) is 3.24. The maximum absolute atomic E-state index is 12.2. The number of fused-ring (bicyclic) bond motifs is 1. The molecule has 0 fully saturated rings. The molecule has 2 aromatic carbocycles. The van der Waals surface area contributed by atoms with Crippen molar-refractivity contribution in [3.05, 3.63) is 55.9 Å². The summed E-state index contributed by atoms with van der Waals surface area (Å²) in [5.41, 5.74) is 1.57. The van der Waals surface area contributed by atoms with E-state index >= 15 is 0 Å². The summed E-state index contributed by atoms with van der Waals surface area (Å²) in [7, 11) is 1.58. The minimum Gasteiger partial charge on any atom is -0.495 e. The third kappa shape index (κ3) is 4.41. The molecule has 0 saturated carbocycles. The van der Waals surface area contributed by atoms with E-state index in [0.29, 0.717) is 15.9 Å². The molecule has 1 aromatic heterocycles. The first-order valence-corrected chi connectivity index (χ1v) is 9.82. The number of nitrogens with one attached hydrogen (secondary N) is 1. The first kappa shape index (κ1) is 18.4.